The number of carboxylic acids is 1. The van der Waals surface area contributed by atoms with Gasteiger partial charge in [-0.25, -0.2) is 9.59 Å². The van der Waals surface area contributed by atoms with Crippen molar-refractivity contribution < 1.29 is 28.6 Å². The molecule has 2 N–H and O–H groups in total. The van der Waals surface area contributed by atoms with Crippen molar-refractivity contribution in [2.24, 2.45) is 17.3 Å². The zero-order valence-corrected chi connectivity index (χ0v) is 17.4. The number of nitrogens with one attached hydrogen (secondary N) is 1. The fraction of sp³-hybridized carbons (Fsp3) is 0.667. The molecule has 0 spiro atoms. The largest absolute Gasteiger partial charge is 0.478 e. The number of hydrogen-bond acceptors (Lipinski definition) is 5. The first-order valence-corrected chi connectivity index (χ1v) is 11.7. The number of rotatable bonds is 5. The van der Waals surface area contributed by atoms with Crippen LogP contribution in [-0.2, 0) is 18.7 Å². The zero-order valence-electron chi connectivity index (χ0n) is 16.2. The predicted molar refractivity (Wildman–Crippen MR) is 99.0 cm³/mol. The summed E-state index contributed by atoms with van der Waals surface area (Å²) in [6.45, 7) is 10.5. The normalized spacial score (nSPS) is 26.3. The first kappa shape index (κ1) is 20.5. The van der Waals surface area contributed by atoms with Crippen LogP contribution in [0.5, 0.6) is 0 Å². The van der Waals surface area contributed by atoms with Gasteiger partial charge in [0.25, 0.3) is 6.29 Å². The molecule has 0 saturated carbocycles. The lowest BCUT2D eigenvalue weighted by Crippen LogP contribution is -2.44. The number of alkyl carbamates (subject to hydrolysis) is 1. The Morgan fingerprint density at radius 3 is 2.54 bits per heavy atom. The summed E-state index contributed by atoms with van der Waals surface area (Å²) in [6, 6.07) is 0. The number of carbonyl (C=O) groups is 2. The topological polar surface area (TPSA) is 94.1 Å². The highest BCUT2D eigenvalue weighted by Crippen LogP contribution is 2.48. The molecule has 0 aromatic heterocycles. The van der Waals surface area contributed by atoms with Crippen molar-refractivity contribution in [1.29, 1.82) is 0 Å². The van der Waals surface area contributed by atoms with Gasteiger partial charge in [0, 0.05) is 13.0 Å². The summed E-state index contributed by atoms with van der Waals surface area (Å²) in [7, 11) is 0.113. The van der Waals surface area contributed by atoms with E-state index < -0.39 is 27.4 Å². The third-order valence-electron chi connectivity index (χ3n) is 4.62. The van der Waals surface area contributed by atoms with E-state index in [4.69, 9.17) is 13.9 Å². The summed E-state index contributed by atoms with van der Waals surface area (Å²) in [5.41, 5.74) is 0.983. The molecule has 1 unspecified atom stereocenters. The van der Waals surface area contributed by atoms with Crippen molar-refractivity contribution in [3.05, 3.63) is 23.5 Å². The Kier molecular flexibility index (Phi) is 6.18. The second-order valence-electron chi connectivity index (χ2n) is 8.04. The summed E-state index contributed by atoms with van der Waals surface area (Å²) in [5, 5.41) is 11.9. The first-order valence-electron chi connectivity index (χ1n) is 8.88. The monoisotopic (exact) mass is 383 g/mol. The van der Waals surface area contributed by atoms with Gasteiger partial charge in [0.2, 0.25) is 0 Å². The van der Waals surface area contributed by atoms with E-state index in [1.165, 1.54) is 13.3 Å². The van der Waals surface area contributed by atoms with E-state index in [0.717, 1.165) is 5.57 Å². The zero-order chi connectivity index (χ0) is 19.6. The van der Waals surface area contributed by atoms with Crippen LogP contribution in [0.3, 0.4) is 0 Å². The van der Waals surface area contributed by atoms with Gasteiger partial charge in [0.1, 0.15) is 0 Å². The Balaban J connectivity index is 2.40. The smallest absolute Gasteiger partial charge is 0.409 e. The van der Waals surface area contributed by atoms with E-state index in [0.29, 0.717) is 6.42 Å². The number of carbonyl (C=O) groups excluding carboxylic acids is 1. The van der Waals surface area contributed by atoms with Crippen LogP contribution in [0.15, 0.2) is 23.5 Å². The van der Waals surface area contributed by atoms with Crippen molar-refractivity contribution in [3.63, 3.8) is 0 Å². The first-order chi connectivity index (χ1) is 12.1. The second-order valence-corrected chi connectivity index (χ2v) is 10.4. The lowest BCUT2D eigenvalue weighted by molar-refractivity contribution is -0.139. The van der Waals surface area contributed by atoms with Crippen LogP contribution in [0.4, 0.5) is 4.79 Å². The lowest BCUT2D eigenvalue weighted by atomic mass is 9.76. The summed E-state index contributed by atoms with van der Waals surface area (Å²) >= 11 is 0. The molecule has 146 valence electrons. The average Bonchev–Trinajstić information content (AvgIpc) is 2.96. The van der Waals surface area contributed by atoms with E-state index >= 15 is 0 Å². The Morgan fingerprint density at radius 2 is 2.04 bits per heavy atom. The molecule has 4 atom stereocenters. The van der Waals surface area contributed by atoms with E-state index in [1.807, 2.05) is 6.08 Å². The highest BCUT2D eigenvalue weighted by molar-refractivity contribution is 6.48. The summed E-state index contributed by atoms with van der Waals surface area (Å²) in [6.07, 6.45) is 2.13. The van der Waals surface area contributed by atoms with Crippen LogP contribution in [0.25, 0.3) is 0 Å². The molecule has 7 nitrogen and oxygen atoms in total. The predicted octanol–water partition coefficient (Wildman–Crippen LogP) is 2.64. The van der Waals surface area contributed by atoms with E-state index in [9.17, 15) is 14.7 Å². The Hall–Kier alpha value is -1.80. The van der Waals surface area contributed by atoms with Gasteiger partial charge in [-0.2, -0.15) is 0 Å². The standard InChI is InChI=1S/C18H29NO6Si/c1-18(2,3)14(25-26(5)6)11-8-7-10-12(15(20)21)9-23-16(13(10)11)24-17(22)19-4/h8-10,13-14,16,26H,7H2,1-6H3,(H,19,22)(H,20,21)/t10-,13-,14?,16+/m1/s1. The molecule has 2 rings (SSSR count). The maximum atomic E-state index is 11.7. The molecular weight excluding hydrogens is 354 g/mol. The van der Waals surface area contributed by atoms with Gasteiger partial charge < -0.3 is 24.3 Å². The van der Waals surface area contributed by atoms with Crippen LogP contribution in [0.2, 0.25) is 13.1 Å². The van der Waals surface area contributed by atoms with Crippen molar-refractivity contribution >= 4 is 21.1 Å². The molecule has 0 saturated heterocycles. The van der Waals surface area contributed by atoms with Gasteiger partial charge in [-0.05, 0) is 30.5 Å². The molecule has 0 fully saturated rings. The number of carboxylic acid groups (broad SMARTS) is 1. The third kappa shape index (κ3) is 4.29. The quantitative estimate of drug-likeness (QED) is 0.560. The van der Waals surface area contributed by atoms with Crippen LogP contribution in [0.1, 0.15) is 27.2 Å². The van der Waals surface area contributed by atoms with Crippen molar-refractivity contribution in [2.75, 3.05) is 7.05 Å². The summed E-state index contributed by atoms with van der Waals surface area (Å²) in [5.74, 6) is -1.69. The van der Waals surface area contributed by atoms with Crippen molar-refractivity contribution in [3.8, 4) is 0 Å². The van der Waals surface area contributed by atoms with Gasteiger partial charge in [-0.3, -0.25) is 0 Å². The maximum absolute atomic E-state index is 11.7. The minimum Gasteiger partial charge on any atom is -0.478 e. The number of allylic oxidation sites excluding steroid dienone is 1. The van der Waals surface area contributed by atoms with Gasteiger partial charge >= 0.3 is 12.1 Å². The molecule has 0 aromatic rings. The molecule has 0 aromatic carbocycles. The molecule has 1 aliphatic carbocycles. The van der Waals surface area contributed by atoms with Gasteiger partial charge in [-0.15, -0.1) is 0 Å². The fourth-order valence-corrected chi connectivity index (χ4v) is 4.68. The van der Waals surface area contributed by atoms with Crippen LogP contribution in [0, 0.1) is 17.3 Å². The number of fused-ring (bicyclic) bond motifs is 1. The third-order valence-corrected chi connectivity index (χ3v) is 5.44. The molecular formula is C18H29NO6Si. The van der Waals surface area contributed by atoms with Crippen LogP contribution < -0.4 is 5.32 Å². The fourth-order valence-electron chi connectivity index (χ4n) is 3.57. The molecule has 8 heteroatoms. The highest BCUT2D eigenvalue weighted by Gasteiger charge is 2.49. The summed E-state index contributed by atoms with van der Waals surface area (Å²) in [4.78, 5) is 23.4. The van der Waals surface area contributed by atoms with Gasteiger partial charge in [0.15, 0.2) is 9.04 Å². The van der Waals surface area contributed by atoms with Gasteiger partial charge in [0.05, 0.1) is 23.9 Å². The molecule has 2 aliphatic rings. The van der Waals surface area contributed by atoms with Crippen LogP contribution >= 0.6 is 0 Å². The van der Waals surface area contributed by atoms with E-state index in [-0.39, 0.29) is 28.9 Å². The minimum absolute atomic E-state index is 0.180. The Bertz CT molecular complexity index is 622. The Morgan fingerprint density at radius 1 is 1.38 bits per heavy atom. The van der Waals surface area contributed by atoms with Gasteiger partial charge in [-0.1, -0.05) is 26.8 Å². The molecule has 1 amide bonds. The minimum atomic E-state index is -1.36. The Labute approximate surface area is 156 Å². The molecule has 26 heavy (non-hydrogen) atoms. The lowest BCUT2D eigenvalue weighted by Gasteiger charge is -2.40. The van der Waals surface area contributed by atoms with E-state index in [1.54, 1.807) is 0 Å². The number of amides is 1. The maximum Gasteiger partial charge on any atom is 0.409 e. The number of aliphatic carboxylic acids is 1. The molecule has 0 bridgehead atoms. The molecule has 1 aliphatic heterocycles. The van der Waals surface area contributed by atoms with E-state index in [2.05, 4.69) is 39.2 Å². The van der Waals surface area contributed by atoms with Crippen molar-refractivity contribution in [1.82, 2.24) is 5.32 Å². The number of hydrogen-bond donors (Lipinski definition) is 2. The van der Waals surface area contributed by atoms with Crippen LogP contribution in [-0.4, -0.2) is 45.7 Å². The SMILES string of the molecule is CNC(=O)O[C@@H]1OC=C(C(=O)O)[C@H]2CC=C(C(O[SiH](C)C)C(C)(C)C)[C@H]12. The molecule has 0 radical (unpaired) electrons. The molecule has 1 heterocycles. The highest BCUT2D eigenvalue weighted by atomic mass is 28.3. The second kappa shape index (κ2) is 7.83. The average molecular weight is 384 g/mol. The summed E-state index contributed by atoms with van der Waals surface area (Å²) < 4.78 is 17.2. The van der Waals surface area contributed by atoms with Crippen molar-refractivity contribution in [2.45, 2.75) is 52.7 Å². The number of ether oxygens (including phenoxy) is 2.